The molecule has 3 saturated carbocycles. The Morgan fingerprint density at radius 2 is 1.77 bits per heavy atom. The summed E-state index contributed by atoms with van der Waals surface area (Å²) in [4.78, 5) is 39.0. The number of esters is 1. The summed E-state index contributed by atoms with van der Waals surface area (Å²) >= 11 is 0. The molecule has 3 fully saturated rings. The Balaban J connectivity index is 1.56. The van der Waals surface area contributed by atoms with Crippen LogP contribution in [0, 0.1) is 35.5 Å². The molecular formula is C32H38F2O8S. The minimum atomic E-state index is -4.36. The molecule has 0 amide bonds. The van der Waals surface area contributed by atoms with Gasteiger partial charge in [0, 0.05) is 29.1 Å². The van der Waals surface area contributed by atoms with Crippen molar-refractivity contribution in [2.24, 2.45) is 28.6 Å². The van der Waals surface area contributed by atoms with Gasteiger partial charge in [-0.15, -0.1) is 0 Å². The lowest BCUT2D eigenvalue weighted by Gasteiger charge is -2.63. The Morgan fingerprint density at radius 3 is 2.40 bits per heavy atom. The topological polar surface area (TPSA) is 124 Å². The van der Waals surface area contributed by atoms with Crippen LogP contribution < -0.4 is 0 Å². The van der Waals surface area contributed by atoms with Gasteiger partial charge in [0.1, 0.15) is 12.8 Å². The van der Waals surface area contributed by atoms with Gasteiger partial charge in [0.25, 0.3) is 10.1 Å². The zero-order chi connectivity index (χ0) is 31.8. The number of Topliss-reactive ketones (excluding diaryl/α,β-unsaturated/α-hetero) is 1. The molecule has 8 nitrogen and oxygen atoms in total. The van der Waals surface area contributed by atoms with Gasteiger partial charge in [0.05, 0.1) is 11.0 Å². The number of hydrogen-bond acceptors (Lipinski definition) is 8. The van der Waals surface area contributed by atoms with E-state index in [4.69, 9.17) is 8.92 Å². The second-order valence-electron chi connectivity index (χ2n) is 13.0. The number of carbonyl (C=O) groups excluding carboxylic acids is 3. The Morgan fingerprint density at radius 1 is 1.12 bits per heavy atom. The van der Waals surface area contributed by atoms with Gasteiger partial charge in [-0.2, -0.15) is 8.42 Å². The number of hydrogen-bond donors (Lipinski definition) is 1. The number of carbonyl (C=O) groups is 3. The first-order valence-corrected chi connectivity index (χ1v) is 16.1. The van der Waals surface area contributed by atoms with Gasteiger partial charge in [-0.1, -0.05) is 44.5 Å². The molecule has 0 unspecified atom stereocenters. The molecule has 1 N–H and O–H groups in total. The molecule has 43 heavy (non-hydrogen) atoms. The summed E-state index contributed by atoms with van der Waals surface area (Å²) in [6, 6.07) is 5.87. The maximum Gasteiger partial charge on any atom is 0.306 e. The largest absolute Gasteiger partial charge is 0.450 e. The predicted molar refractivity (Wildman–Crippen MR) is 152 cm³/mol. The predicted octanol–water partition coefficient (Wildman–Crippen LogP) is 4.53. The summed E-state index contributed by atoms with van der Waals surface area (Å²) in [6.45, 7) is 7.13. The van der Waals surface area contributed by atoms with E-state index in [2.05, 4.69) is 0 Å². The maximum absolute atomic E-state index is 17.6. The van der Waals surface area contributed by atoms with Gasteiger partial charge in [-0.25, -0.2) is 8.78 Å². The van der Waals surface area contributed by atoms with E-state index in [-0.39, 0.29) is 36.2 Å². The van der Waals surface area contributed by atoms with Crippen LogP contribution in [0.25, 0.3) is 0 Å². The quantitative estimate of drug-likeness (QED) is 0.349. The Labute approximate surface area is 250 Å². The lowest BCUT2D eigenvalue weighted by molar-refractivity contribution is -0.231. The SMILES string of the molecule is CCC(=O)O[C@]1(C(=O)COS(=O)(=O)c2ccc(C)cc2)[C@@H](C)C[C@H]2[C@@H]3C[C@H](F)C4=CC(=O)C=C[C@]4(C)[C@@]3(F)[C@@H](O)C[C@@]21C. The zero-order valence-electron chi connectivity index (χ0n) is 24.9. The third kappa shape index (κ3) is 4.40. The minimum absolute atomic E-state index is 0.0260. The fourth-order valence-corrected chi connectivity index (χ4v) is 9.52. The molecule has 0 aromatic heterocycles. The number of halogens is 2. The molecule has 5 rings (SSSR count). The van der Waals surface area contributed by atoms with E-state index in [1.165, 1.54) is 31.2 Å². The van der Waals surface area contributed by atoms with Crippen molar-refractivity contribution in [3.8, 4) is 0 Å². The highest BCUT2D eigenvalue weighted by atomic mass is 32.2. The molecular weight excluding hydrogens is 582 g/mol. The highest BCUT2D eigenvalue weighted by molar-refractivity contribution is 7.86. The van der Waals surface area contributed by atoms with Crippen LogP contribution in [-0.2, 0) is 33.4 Å². The molecule has 0 aliphatic heterocycles. The van der Waals surface area contributed by atoms with Crippen molar-refractivity contribution < 1.29 is 45.6 Å². The van der Waals surface area contributed by atoms with Crippen LogP contribution in [-0.4, -0.2) is 61.2 Å². The number of aliphatic hydroxyl groups is 1. The number of allylic oxidation sites excluding steroid dienone is 4. The van der Waals surface area contributed by atoms with Gasteiger partial charge in [-0.05, 0) is 68.9 Å². The smallest absolute Gasteiger partial charge is 0.306 e. The van der Waals surface area contributed by atoms with Crippen LogP contribution in [0.1, 0.15) is 58.9 Å². The third-order valence-electron chi connectivity index (χ3n) is 10.8. The van der Waals surface area contributed by atoms with Crippen molar-refractivity contribution >= 4 is 27.7 Å². The standard InChI is InChI=1S/C32H38F2O8S/c1-6-28(38)42-32(27(37)17-41-43(39,40)21-9-7-18(2)8-10-21)19(3)13-22-23-15-25(33)24-14-20(35)11-12-29(24,4)31(23,34)26(36)16-30(22,32)5/h7-12,14,19,22-23,25-26,36H,6,13,15-17H2,1-5H3/t19-,22-,23-,25-,26-,29-,30-,31-,32-/m0/s1. The number of aryl methyl sites for hydroxylation is 1. The fraction of sp³-hybridized carbons (Fsp3) is 0.594. The average Bonchev–Trinajstić information content (AvgIpc) is 3.16. The molecule has 4 aliphatic rings. The molecule has 0 radical (unpaired) electrons. The lowest BCUT2D eigenvalue weighted by atomic mass is 9.44. The first-order valence-electron chi connectivity index (χ1n) is 14.7. The van der Waals surface area contributed by atoms with E-state index in [1.807, 2.05) is 0 Å². The van der Waals surface area contributed by atoms with Gasteiger partial charge in [0.2, 0.25) is 5.78 Å². The van der Waals surface area contributed by atoms with E-state index >= 15 is 8.78 Å². The van der Waals surface area contributed by atoms with Gasteiger partial charge < -0.3 is 9.84 Å². The van der Waals surface area contributed by atoms with E-state index < -0.39 is 86.4 Å². The first-order chi connectivity index (χ1) is 20.0. The van der Waals surface area contributed by atoms with Gasteiger partial charge in [0.15, 0.2) is 17.1 Å². The Hall–Kier alpha value is -2.76. The third-order valence-corrected chi connectivity index (χ3v) is 12.1. The summed E-state index contributed by atoms with van der Waals surface area (Å²) in [5, 5.41) is 11.6. The number of ether oxygens (including phenoxy) is 1. The van der Waals surface area contributed by atoms with Crippen molar-refractivity contribution in [3.05, 3.63) is 53.6 Å². The first kappa shape index (κ1) is 31.7. The van der Waals surface area contributed by atoms with Crippen molar-refractivity contribution in [1.29, 1.82) is 0 Å². The number of fused-ring (bicyclic) bond motifs is 5. The summed E-state index contributed by atoms with van der Waals surface area (Å²) in [5.41, 5.74) is -6.57. The van der Waals surface area contributed by atoms with Crippen molar-refractivity contribution in [3.63, 3.8) is 0 Å². The highest BCUT2D eigenvalue weighted by Gasteiger charge is 2.78. The van der Waals surface area contributed by atoms with Crippen LogP contribution in [0.4, 0.5) is 8.78 Å². The summed E-state index contributed by atoms with van der Waals surface area (Å²) in [6.07, 6.45) is -0.413. The molecule has 1 aromatic rings. The Bertz CT molecular complexity index is 1520. The van der Waals surface area contributed by atoms with E-state index in [0.717, 1.165) is 11.6 Å². The minimum Gasteiger partial charge on any atom is -0.450 e. The molecule has 4 aliphatic carbocycles. The van der Waals surface area contributed by atoms with Gasteiger partial charge in [-0.3, -0.25) is 18.6 Å². The second kappa shape index (κ2) is 10.4. The van der Waals surface area contributed by atoms with E-state index in [1.54, 1.807) is 39.8 Å². The molecule has 0 bridgehead atoms. The van der Waals surface area contributed by atoms with E-state index in [0.29, 0.717) is 0 Å². The van der Waals surface area contributed by atoms with Crippen LogP contribution >= 0.6 is 0 Å². The number of ketones is 2. The number of benzene rings is 1. The summed E-state index contributed by atoms with van der Waals surface area (Å²) < 4.78 is 70.4. The molecule has 0 saturated heterocycles. The molecule has 0 spiro atoms. The number of alkyl halides is 2. The van der Waals surface area contributed by atoms with Crippen LogP contribution in [0.3, 0.4) is 0 Å². The van der Waals surface area contributed by atoms with Gasteiger partial charge >= 0.3 is 5.97 Å². The van der Waals surface area contributed by atoms with Crippen molar-refractivity contribution in [2.75, 3.05) is 6.61 Å². The molecule has 1 aromatic carbocycles. The molecule has 0 heterocycles. The lowest BCUT2D eigenvalue weighted by Crippen LogP contribution is -2.71. The van der Waals surface area contributed by atoms with Crippen LogP contribution in [0.15, 0.2) is 53.0 Å². The normalized spacial score (nSPS) is 40.2. The zero-order valence-corrected chi connectivity index (χ0v) is 25.7. The monoisotopic (exact) mass is 620 g/mol. The van der Waals surface area contributed by atoms with Crippen molar-refractivity contribution in [2.45, 2.75) is 88.7 Å². The Kier molecular flexibility index (Phi) is 7.66. The number of aliphatic hydroxyl groups excluding tert-OH is 1. The number of rotatable bonds is 7. The van der Waals surface area contributed by atoms with E-state index in [9.17, 15) is 27.9 Å². The van der Waals surface area contributed by atoms with Crippen LogP contribution in [0.5, 0.6) is 0 Å². The summed E-state index contributed by atoms with van der Waals surface area (Å²) in [7, 11) is -4.36. The van der Waals surface area contributed by atoms with Crippen molar-refractivity contribution in [1.82, 2.24) is 0 Å². The average molecular weight is 621 g/mol. The molecule has 11 heteroatoms. The molecule has 9 atom stereocenters. The molecule has 234 valence electrons. The second-order valence-corrected chi connectivity index (χ2v) is 14.6. The maximum atomic E-state index is 17.6. The summed E-state index contributed by atoms with van der Waals surface area (Å²) in [5.74, 6) is -4.60. The fourth-order valence-electron chi connectivity index (χ4n) is 8.66. The highest BCUT2D eigenvalue weighted by Crippen LogP contribution is 2.71. The van der Waals surface area contributed by atoms with Crippen LogP contribution in [0.2, 0.25) is 0 Å².